The molecule has 2 N–H and O–H groups in total. The Labute approximate surface area is 116 Å². The standard InChI is InChI=1S/C14H10N6/c15-9-17-11-5-1-3-7-13(11)19-20-14-8-4-2-6-12(14)18-10-16/h1-8,17-18H. The van der Waals surface area contributed by atoms with E-state index in [0.29, 0.717) is 22.7 Å². The third kappa shape index (κ3) is 3.09. The molecule has 2 rings (SSSR count). The summed E-state index contributed by atoms with van der Waals surface area (Å²) in [5, 5.41) is 30.6. The lowest BCUT2D eigenvalue weighted by Crippen LogP contribution is -1.87. The molecule has 0 aliphatic rings. The van der Waals surface area contributed by atoms with Crippen LogP contribution < -0.4 is 10.6 Å². The van der Waals surface area contributed by atoms with Gasteiger partial charge in [0, 0.05) is 0 Å². The molecule has 0 unspecified atom stereocenters. The summed E-state index contributed by atoms with van der Waals surface area (Å²) in [6, 6.07) is 14.1. The summed E-state index contributed by atoms with van der Waals surface area (Å²) in [5.41, 5.74) is 2.23. The van der Waals surface area contributed by atoms with Crippen LogP contribution in [0.2, 0.25) is 0 Å². The molecule has 6 heteroatoms. The number of azo groups is 1. The Morgan fingerprint density at radius 2 is 1.10 bits per heavy atom. The van der Waals surface area contributed by atoms with Crippen molar-refractivity contribution in [3.8, 4) is 12.4 Å². The smallest absolute Gasteiger partial charge is 0.181 e. The third-order valence-corrected chi connectivity index (χ3v) is 2.45. The Morgan fingerprint density at radius 1 is 0.700 bits per heavy atom. The summed E-state index contributed by atoms with van der Waals surface area (Å²) in [6.07, 6.45) is 3.69. The maximum atomic E-state index is 8.66. The number of hydrogen-bond donors (Lipinski definition) is 2. The van der Waals surface area contributed by atoms with E-state index in [1.807, 2.05) is 12.4 Å². The third-order valence-electron chi connectivity index (χ3n) is 2.45. The first-order chi connectivity index (χ1) is 9.85. The molecular weight excluding hydrogens is 252 g/mol. The molecule has 0 saturated heterocycles. The molecule has 0 aliphatic heterocycles. The van der Waals surface area contributed by atoms with Gasteiger partial charge in [-0.15, -0.1) is 10.2 Å². The van der Waals surface area contributed by atoms with Crippen LogP contribution in [0.15, 0.2) is 58.8 Å². The van der Waals surface area contributed by atoms with E-state index in [1.165, 1.54) is 0 Å². The van der Waals surface area contributed by atoms with Crippen LogP contribution in [0.4, 0.5) is 22.7 Å². The number of para-hydroxylation sites is 2. The van der Waals surface area contributed by atoms with Gasteiger partial charge >= 0.3 is 0 Å². The lowest BCUT2D eigenvalue weighted by molar-refractivity contribution is 1.23. The normalized spacial score (nSPS) is 9.70. The highest BCUT2D eigenvalue weighted by atomic mass is 15.1. The van der Waals surface area contributed by atoms with Gasteiger partial charge in [-0.05, 0) is 24.3 Å². The van der Waals surface area contributed by atoms with Crippen molar-refractivity contribution in [1.29, 1.82) is 10.5 Å². The molecule has 0 saturated carbocycles. The lowest BCUT2D eigenvalue weighted by atomic mass is 10.2. The summed E-state index contributed by atoms with van der Waals surface area (Å²) >= 11 is 0. The summed E-state index contributed by atoms with van der Waals surface area (Å²) < 4.78 is 0. The molecule has 20 heavy (non-hydrogen) atoms. The van der Waals surface area contributed by atoms with E-state index in [-0.39, 0.29) is 0 Å². The van der Waals surface area contributed by atoms with Crippen LogP contribution in [-0.2, 0) is 0 Å². The fourth-order valence-electron chi connectivity index (χ4n) is 1.56. The van der Waals surface area contributed by atoms with E-state index in [9.17, 15) is 0 Å². The maximum Gasteiger partial charge on any atom is 0.181 e. The minimum absolute atomic E-state index is 0.542. The average Bonchev–Trinajstić information content (AvgIpc) is 2.48. The summed E-state index contributed by atoms with van der Waals surface area (Å²) in [4.78, 5) is 0. The Kier molecular flexibility index (Phi) is 4.26. The van der Waals surface area contributed by atoms with E-state index in [2.05, 4.69) is 20.9 Å². The summed E-state index contributed by atoms with van der Waals surface area (Å²) in [6.45, 7) is 0. The highest BCUT2D eigenvalue weighted by molar-refractivity contribution is 5.69. The second-order valence-corrected chi connectivity index (χ2v) is 3.71. The van der Waals surface area contributed by atoms with Crippen molar-refractivity contribution in [2.45, 2.75) is 0 Å². The van der Waals surface area contributed by atoms with Crippen molar-refractivity contribution in [2.75, 3.05) is 10.6 Å². The number of nitriles is 2. The number of hydrogen-bond acceptors (Lipinski definition) is 6. The number of benzene rings is 2. The molecule has 0 spiro atoms. The topological polar surface area (TPSA) is 96.4 Å². The monoisotopic (exact) mass is 262 g/mol. The van der Waals surface area contributed by atoms with Crippen LogP contribution in [0, 0.1) is 22.9 Å². The van der Waals surface area contributed by atoms with Crippen LogP contribution >= 0.6 is 0 Å². The number of anilines is 2. The van der Waals surface area contributed by atoms with Crippen molar-refractivity contribution in [2.24, 2.45) is 10.2 Å². The number of nitrogens with one attached hydrogen (secondary N) is 2. The van der Waals surface area contributed by atoms with Gasteiger partial charge in [0.05, 0.1) is 11.4 Å². The van der Waals surface area contributed by atoms with Gasteiger partial charge in [-0.3, -0.25) is 10.6 Å². The van der Waals surface area contributed by atoms with Crippen molar-refractivity contribution in [1.82, 2.24) is 0 Å². The molecule has 0 amide bonds. The van der Waals surface area contributed by atoms with Gasteiger partial charge < -0.3 is 0 Å². The first-order valence-electron chi connectivity index (χ1n) is 5.75. The molecule has 0 heterocycles. The van der Waals surface area contributed by atoms with Crippen LogP contribution in [0.1, 0.15) is 0 Å². The molecular formula is C14H10N6. The Morgan fingerprint density at radius 3 is 1.50 bits per heavy atom. The summed E-state index contributed by atoms with van der Waals surface area (Å²) in [5.74, 6) is 0. The second-order valence-electron chi connectivity index (χ2n) is 3.71. The molecule has 0 aromatic heterocycles. The molecule has 2 aromatic carbocycles. The van der Waals surface area contributed by atoms with Crippen molar-refractivity contribution >= 4 is 22.7 Å². The largest absolute Gasteiger partial charge is 0.291 e. The van der Waals surface area contributed by atoms with Gasteiger partial charge in [-0.1, -0.05) is 24.3 Å². The van der Waals surface area contributed by atoms with Crippen LogP contribution in [0.5, 0.6) is 0 Å². The van der Waals surface area contributed by atoms with E-state index in [1.54, 1.807) is 48.5 Å². The molecule has 0 radical (unpaired) electrons. The van der Waals surface area contributed by atoms with Crippen molar-refractivity contribution < 1.29 is 0 Å². The highest BCUT2D eigenvalue weighted by Crippen LogP contribution is 2.29. The van der Waals surface area contributed by atoms with Gasteiger partial charge in [0.2, 0.25) is 0 Å². The van der Waals surface area contributed by atoms with Gasteiger partial charge in [0.15, 0.2) is 12.4 Å². The Hall–Kier alpha value is -3.38. The van der Waals surface area contributed by atoms with Crippen molar-refractivity contribution in [3.05, 3.63) is 48.5 Å². The first kappa shape index (κ1) is 13.1. The predicted octanol–water partition coefficient (Wildman–Crippen LogP) is 3.89. The lowest BCUT2D eigenvalue weighted by Gasteiger charge is -2.02. The Bertz CT molecular complexity index is 647. The van der Waals surface area contributed by atoms with E-state index >= 15 is 0 Å². The molecule has 0 aliphatic carbocycles. The molecule has 0 bridgehead atoms. The van der Waals surface area contributed by atoms with Gasteiger partial charge in [0.25, 0.3) is 0 Å². The predicted molar refractivity (Wildman–Crippen MR) is 75.5 cm³/mol. The van der Waals surface area contributed by atoms with E-state index in [4.69, 9.17) is 10.5 Å². The zero-order chi connectivity index (χ0) is 14.2. The fourth-order valence-corrected chi connectivity index (χ4v) is 1.56. The fraction of sp³-hybridized carbons (Fsp3) is 0. The van der Waals surface area contributed by atoms with Crippen LogP contribution in [0.25, 0.3) is 0 Å². The van der Waals surface area contributed by atoms with Gasteiger partial charge in [-0.25, -0.2) is 0 Å². The van der Waals surface area contributed by atoms with Crippen molar-refractivity contribution in [3.63, 3.8) is 0 Å². The van der Waals surface area contributed by atoms with E-state index in [0.717, 1.165) is 0 Å². The van der Waals surface area contributed by atoms with Gasteiger partial charge in [0.1, 0.15) is 11.4 Å². The minimum Gasteiger partial charge on any atom is -0.291 e. The SMILES string of the molecule is N#CNc1ccccc1N=Nc1ccccc1NC#N. The molecule has 96 valence electrons. The average molecular weight is 262 g/mol. The first-order valence-corrected chi connectivity index (χ1v) is 5.75. The number of nitrogens with zero attached hydrogens (tertiary/aromatic N) is 4. The van der Waals surface area contributed by atoms with Crippen LogP contribution in [0.3, 0.4) is 0 Å². The van der Waals surface area contributed by atoms with Gasteiger partial charge in [-0.2, -0.15) is 10.5 Å². The number of rotatable bonds is 4. The van der Waals surface area contributed by atoms with Crippen LogP contribution in [-0.4, -0.2) is 0 Å². The molecule has 0 fully saturated rings. The molecule has 0 atom stereocenters. The van der Waals surface area contributed by atoms with E-state index < -0.39 is 0 Å². The maximum absolute atomic E-state index is 8.66. The quantitative estimate of drug-likeness (QED) is 0.496. The zero-order valence-electron chi connectivity index (χ0n) is 10.4. The minimum atomic E-state index is 0.542. The molecule has 2 aromatic rings. The molecule has 6 nitrogen and oxygen atoms in total. The Balaban J connectivity index is 2.31. The summed E-state index contributed by atoms with van der Waals surface area (Å²) in [7, 11) is 0. The second kappa shape index (κ2) is 6.53. The highest BCUT2D eigenvalue weighted by Gasteiger charge is 2.01. The zero-order valence-corrected chi connectivity index (χ0v) is 10.4.